The maximum absolute atomic E-state index is 5.80. The lowest BCUT2D eigenvalue weighted by atomic mass is 9.87. The van der Waals surface area contributed by atoms with Crippen molar-refractivity contribution in [2.75, 3.05) is 0 Å². The van der Waals surface area contributed by atoms with Crippen LogP contribution in [0, 0.1) is 0 Å². The van der Waals surface area contributed by atoms with Crippen LogP contribution in [0.15, 0.2) is 30.3 Å². The zero-order chi connectivity index (χ0) is 15.4. The Morgan fingerprint density at radius 2 is 1.38 bits per heavy atom. The minimum atomic E-state index is -0.0949. The van der Waals surface area contributed by atoms with Crippen LogP contribution in [0.5, 0.6) is 0 Å². The molecule has 0 aromatic heterocycles. The third kappa shape index (κ3) is 7.10. The van der Waals surface area contributed by atoms with Gasteiger partial charge >= 0.3 is 0 Å². The van der Waals surface area contributed by atoms with E-state index < -0.39 is 0 Å². The monoisotopic (exact) mass is 290 g/mol. The fourth-order valence-electron chi connectivity index (χ4n) is 2.90. The molecular weight excluding hydrogens is 256 g/mol. The lowest BCUT2D eigenvalue weighted by Gasteiger charge is -2.29. The summed E-state index contributed by atoms with van der Waals surface area (Å²) in [5.41, 5.74) is 4.21. The average molecular weight is 290 g/mol. The summed E-state index contributed by atoms with van der Waals surface area (Å²) in [4.78, 5) is 0. The van der Waals surface area contributed by atoms with E-state index in [1.54, 1.807) is 0 Å². The molecule has 120 valence electrons. The highest BCUT2D eigenvalue weighted by Gasteiger charge is 2.23. The first-order valence-corrected chi connectivity index (χ1v) is 8.76. The molecule has 0 radical (unpaired) electrons. The lowest BCUT2D eigenvalue weighted by molar-refractivity contribution is 0.331. The first-order chi connectivity index (χ1) is 10.2. The van der Waals surface area contributed by atoms with Gasteiger partial charge in [0.05, 0.1) is 5.54 Å². The molecule has 1 rings (SSSR count). The molecule has 2 heteroatoms. The van der Waals surface area contributed by atoms with Gasteiger partial charge in [0.25, 0.3) is 0 Å². The summed E-state index contributed by atoms with van der Waals surface area (Å²) in [5, 5.41) is 0. The number of rotatable bonds is 12. The highest BCUT2D eigenvalue weighted by Crippen LogP contribution is 2.26. The van der Waals surface area contributed by atoms with Gasteiger partial charge in [-0.1, -0.05) is 95.0 Å². The van der Waals surface area contributed by atoms with Gasteiger partial charge < -0.3 is 0 Å². The van der Waals surface area contributed by atoms with Gasteiger partial charge in [0.1, 0.15) is 0 Å². The summed E-state index contributed by atoms with van der Waals surface area (Å²) in [5.74, 6) is 5.80. The Labute approximate surface area is 131 Å². The normalized spacial score (nSPS) is 14.0. The van der Waals surface area contributed by atoms with Crippen molar-refractivity contribution in [3.05, 3.63) is 35.9 Å². The van der Waals surface area contributed by atoms with Gasteiger partial charge in [-0.2, -0.15) is 0 Å². The number of unbranched alkanes of at least 4 members (excludes halogenated alkanes) is 8. The highest BCUT2D eigenvalue weighted by atomic mass is 15.3. The Kier molecular flexibility index (Phi) is 9.36. The first kappa shape index (κ1) is 18.2. The Balaban J connectivity index is 2.15. The lowest BCUT2D eigenvalue weighted by Crippen LogP contribution is -2.44. The van der Waals surface area contributed by atoms with E-state index in [9.17, 15) is 0 Å². The molecule has 2 nitrogen and oxygen atoms in total. The summed E-state index contributed by atoms with van der Waals surface area (Å²) >= 11 is 0. The summed E-state index contributed by atoms with van der Waals surface area (Å²) < 4.78 is 0. The van der Waals surface area contributed by atoms with E-state index in [4.69, 9.17) is 5.84 Å². The zero-order valence-corrected chi connectivity index (χ0v) is 14.0. The van der Waals surface area contributed by atoms with Crippen molar-refractivity contribution in [2.45, 2.75) is 83.6 Å². The van der Waals surface area contributed by atoms with Crippen LogP contribution in [0.25, 0.3) is 0 Å². The molecule has 0 aliphatic heterocycles. The van der Waals surface area contributed by atoms with Crippen molar-refractivity contribution in [1.82, 2.24) is 5.43 Å². The molecule has 0 saturated heterocycles. The van der Waals surface area contributed by atoms with Crippen LogP contribution in [0.4, 0.5) is 0 Å². The maximum atomic E-state index is 5.80. The quantitative estimate of drug-likeness (QED) is 0.312. The minimum Gasteiger partial charge on any atom is -0.271 e. The smallest absolute Gasteiger partial charge is 0.0541 e. The largest absolute Gasteiger partial charge is 0.271 e. The summed E-state index contributed by atoms with van der Waals surface area (Å²) in [7, 11) is 0. The van der Waals surface area contributed by atoms with Crippen molar-refractivity contribution in [3.63, 3.8) is 0 Å². The van der Waals surface area contributed by atoms with E-state index in [1.807, 2.05) is 0 Å². The topological polar surface area (TPSA) is 38.0 Å². The predicted molar refractivity (Wildman–Crippen MR) is 93.0 cm³/mol. The standard InChI is InChI=1S/C19H34N2/c1-3-4-5-6-7-8-9-10-14-17-19(2,21-20)18-15-12-11-13-16-18/h11-13,15-16,21H,3-10,14,17,20H2,1-2H3. The number of hydrogen-bond donors (Lipinski definition) is 2. The fraction of sp³-hybridized carbons (Fsp3) is 0.684. The number of nitrogens with one attached hydrogen (secondary N) is 1. The van der Waals surface area contributed by atoms with Crippen molar-refractivity contribution in [2.24, 2.45) is 5.84 Å². The van der Waals surface area contributed by atoms with Gasteiger partial charge in [0, 0.05) is 0 Å². The van der Waals surface area contributed by atoms with E-state index in [-0.39, 0.29) is 5.54 Å². The highest BCUT2D eigenvalue weighted by molar-refractivity contribution is 5.23. The van der Waals surface area contributed by atoms with E-state index in [0.717, 1.165) is 6.42 Å². The van der Waals surface area contributed by atoms with Gasteiger partial charge in [-0.25, -0.2) is 0 Å². The summed E-state index contributed by atoms with van der Waals surface area (Å²) in [6, 6.07) is 10.5. The molecule has 1 unspecified atom stereocenters. The third-order valence-electron chi connectivity index (χ3n) is 4.51. The maximum Gasteiger partial charge on any atom is 0.0541 e. The van der Waals surface area contributed by atoms with Crippen LogP contribution in [0.2, 0.25) is 0 Å². The van der Waals surface area contributed by atoms with Crippen molar-refractivity contribution >= 4 is 0 Å². The zero-order valence-electron chi connectivity index (χ0n) is 14.0. The second-order valence-electron chi connectivity index (χ2n) is 6.42. The number of benzene rings is 1. The molecule has 0 aliphatic carbocycles. The average Bonchev–Trinajstić information content (AvgIpc) is 2.54. The molecule has 0 fully saturated rings. The molecule has 0 bridgehead atoms. The van der Waals surface area contributed by atoms with Gasteiger partial charge in [0.2, 0.25) is 0 Å². The molecule has 0 heterocycles. The Morgan fingerprint density at radius 3 is 1.90 bits per heavy atom. The molecular formula is C19H34N2. The van der Waals surface area contributed by atoms with Crippen LogP contribution in [-0.4, -0.2) is 0 Å². The predicted octanol–water partition coefficient (Wildman–Crippen LogP) is 5.29. The molecule has 0 aliphatic rings. The molecule has 0 spiro atoms. The molecule has 0 amide bonds. The number of hydrogen-bond acceptors (Lipinski definition) is 2. The molecule has 21 heavy (non-hydrogen) atoms. The van der Waals surface area contributed by atoms with E-state index in [0.29, 0.717) is 0 Å². The first-order valence-electron chi connectivity index (χ1n) is 8.76. The second-order valence-corrected chi connectivity index (χ2v) is 6.42. The molecule has 3 N–H and O–H groups in total. The van der Waals surface area contributed by atoms with Crippen LogP contribution in [0.3, 0.4) is 0 Å². The van der Waals surface area contributed by atoms with E-state index in [2.05, 4.69) is 49.6 Å². The van der Waals surface area contributed by atoms with Crippen molar-refractivity contribution < 1.29 is 0 Å². The van der Waals surface area contributed by atoms with Gasteiger partial charge in [0.15, 0.2) is 0 Å². The molecule has 1 aromatic rings. The fourth-order valence-corrected chi connectivity index (χ4v) is 2.90. The number of hydrazine groups is 1. The Hall–Kier alpha value is -0.860. The third-order valence-corrected chi connectivity index (χ3v) is 4.51. The van der Waals surface area contributed by atoms with Gasteiger partial charge in [-0.3, -0.25) is 11.3 Å². The Bertz CT molecular complexity index is 350. The van der Waals surface area contributed by atoms with Crippen LogP contribution in [-0.2, 0) is 5.54 Å². The van der Waals surface area contributed by atoms with Gasteiger partial charge in [-0.15, -0.1) is 0 Å². The van der Waals surface area contributed by atoms with Crippen molar-refractivity contribution in [1.29, 1.82) is 0 Å². The molecule has 1 aromatic carbocycles. The van der Waals surface area contributed by atoms with E-state index >= 15 is 0 Å². The Morgan fingerprint density at radius 1 is 0.857 bits per heavy atom. The van der Waals surface area contributed by atoms with Crippen LogP contribution in [0.1, 0.15) is 83.6 Å². The summed E-state index contributed by atoms with van der Waals surface area (Å²) in [6.07, 6.45) is 13.4. The molecule has 1 atom stereocenters. The SMILES string of the molecule is CCCCCCCCCCCC(C)(NN)c1ccccc1. The molecule has 0 saturated carbocycles. The van der Waals surface area contributed by atoms with Crippen LogP contribution >= 0.6 is 0 Å². The van der Waals surface area contributed by atoms with E-state index in [1.165, 1.54) is 63.4 Å². The summed E-state index contributed by atoms with van der Waals surface area (Å²) in [6.45, 7) is 4.47. The van der Waals surface area contributed by atoms with Gasteiger partial charge in [-0.05, 0) is 18.9 Å². The van der Waals surface area contributed by atoms with Crippen LogP contribution < -0.4 is 11.3 Å². The minimum absolute atomic E-state index is 0.0949. The van der Waals surface area contributed by atoms with Crippen molar-refractivity contribution in [3.8, 4) is 0 Å². The number of nitrogens with two attached hydrogens (primary N) is 1. The second kappa shape index (κ2) is 10.8.